The Kier molecular flexibility index (Phi) is 9.12. The number of carbonyl (C=O) groups is 1. The van der Waals surface area contributed by atoms with Gasteiger partial charge < -0.3 is 29.2 Å². The van der Waals surface area contributed by atoms with Crippen molar-refractivity contribution in [2.45, 2.75) is 44.6 Å². The number of aromatic nitrogens is 2. The summed E-state index contributed by atoms with van der Waals surface area (Å²) in [7, 11) is 0. The highest BCUT2D eigenvalue weighted by molar-refractivity contribution is 5.75. The van der Waals surface area contributed by atoms with Crippen LogP contribution < -0.4 is 5.32 Å². The molecule has 8 nitrogen and oxygen atoms in total. The lowest BCUT2D eigenvalue weighted by molar-refractivity contribution is -0.252. The van der Waals surface area contributed by atoms with Gasteiger partial charge in [-0.15, -0.1) is 0 Å². The monoisotopic (exact) mass is 589 g/mol. The Balaban J connectivity index is 1.23. The molecule has 0 aliphatic carbocycles. The first kappa shape index (κ1) is 29.3. The summed E-state index contributed by atoms with van der Waals surface area (Å²) in [5.74, 6) is 0. The third-order valence-corrected chi connectivity index (χ3v) is 7.81. The van der Waals surface area contributed by atoms with E-state index in [0.29, 0.717) is 19.5 Å². The third kappa shape index (κ3) is 6.73. The molecule has 8 heteroatoms. The van der Waals surface area contributed by atoms with Crippen molar-refractivity contribution < 1.29 is 24.1 Å². The average Bonchev–Trinajstić information content (AvgIpc) is 3.49. The number of benzene rings is 4. The molecule has 1 aliphatic rings. The van der Waals surface area contributed by atoms with Gasteiger partial charge in [-0.05, 0) is 39.9 Å². The highest BCUT2D eigenvalue weighted by atomic mass is 16.7. The molecule has 4 aromatic carbocycles. The normalized spacial score (nSPS) is 18.2. The van der Waals surface area contributed by atoms with Gasteiger partial charge in [0.25, 0.3) is 0 Å². The van der Waals surface area contributed by atoms with Gasteiger partial charge in [0, 0.05) is 18.5 Å². The molecule has 5 aromatic rings. The molecule has 1 amide bonds. The molecule has 2 heterocycles. The summed E-state index contributed by atoms with van der Waals surface area (Å²) in [6, 6.07) is 32.1. The van der Waals surface area contributed by atoms with Crippen LogP contribution in [-0.2, 0) is 33.9 Å². The average molecular weight is 590 g/mol. The largest absolute Gasteiger partial charge is 0.445 e. The number of nitrogens with zero attached hydrogens (tertiary/aromatic N) is 2. The van der Waals surface area contributed by atoms with Crippen LogP contribution in [-0.4, -0.2) is 33.5 Å². The number of hydrogen-bond donors (Lipinski definition) is 2. The molecular weight excluding hydrogens is 554 g/mol. The smallest absolute Gasteiger partial charge is 0.407 e. The maximum atomic E-state index is 12.0. The number of ether oxygens (including phenoxy) is 3. The number of hydrogen-bond acceptors (Lipinski definition) is 6. The van der Waals surface area contributed by atoms with Crippen LogP contribution in [0.25, 0.3) is 22.2 Å². The fourth-order valence-electron chi connectivity index (χ4n) is 5.54. The second kappa shape index (κ2) is 13.7. The summed E-state index contributed by atoms with van der Waals surface area (Å²) >= 11 is 0. The number of fused-ring (bicyclic) bond motifs is 1. The van der Waals surface area contributed by atoms with E-state index < -0.39 is 12.4 Å². The van der Waals surface area contributed by atoms with Crippen molar-refractivity contribution in [2.24, 2.45) is 0 Å². The van der Waals surface area contributed by atoms with Gasteiger partial charge in [-0.3, -0.25) is 0 Å². The van der Waals surface area contributed by atoms with Crippen molar-refractivity contribution in [2.75, 3.05) is 6.61 Å². The lowest BCUT2D eigenvalue weighted by atomic mass is 9.97. The van der Waals surface area contributed by atoms with Crippen molar-refractivity contribution in [3.63, 3.8) is 0 Å². The first-order chi connectivity index (χ1) is 21.6. The Morgan fingerprint density at radius 2 is 1.73 bits per heavy atom. The second-order valence-corrected chi connectivity index (χ2v) is 10.8. The van der Waals surface area contributed by atoms with E-state index in [9.17, 15) is 9.90 Å². The lowest BCUT2D eigenvalue weighted by Crippen LogP contribution is -2.32. The molecule has 1 saturated heterocycles. The van der Waals surface area contributed by atoms with E-state index in [-0.39, 0.29) is 25.4 Å². The highest BCUT2D eigenvalue weighted by Gasteiger charge is 2.32. The van der Waals surface area contributed by atoms with Crippen LogP contribution in [0.5, 0.6) is 0 Å². The van der Waals surface area contributed by atoms with Gasteiger partial charge in [0.15, 0.2) is 6.29 Å². The topological polar surface area (TPSA) is 94.8 Å². The van der Waals surface area contributed by atoms with Gasteiger partial charge in [0.2, 0.25) is 0 Å². The van der Waals surface area contributed by atoms with Gasteiger partial charge in [-0.1, -0.05) is 97.6 Å². The number of carbonyl (C=O) groups excluding carboxylic acids is 1. The molecule has 0 spiro atoms. The molecule has 1 aromatic heterocycles. The standard InChI is InChI=1S/C36H35N3O5/c1-2-19-42-36(41)37-21-29-7-3-4-8-31(29)26-15-17-28(18-16-26)35-43-30(22-39-24-38-32-9-5-6-10-33(32)39)20-34(44-35)27-13-11-25(23-40)12-14-27/h2-18,24,30,34-35,40H,1,19-23H2,(H,37,41)/t30-,34+,35+/m1/s1. The molecule has 1 fully saturated rings. The Morgan fingerprint density at radius 1 is 0.977 bits per heavy atom. The molecule has 2 N–H and O–H groups in total. The fourth-order valence-corrected chi connectivity index (χ4v) is 5.54. The number of rotatable bonds is 10. The summed E-state index contributed by atoms with van der Waals surface area (Å²) < 4.78 is 20.3. The molecule has 44 heavy (non-hydrogen) atoms. The Morgan fingerprint density at radius 3 is 2.52 bits per heavy atom. The molecule has 224 valence electrons. The number of aliphatic hydroxyl groups is 1. The van der Waals surface area contributed by atoms with Gasteiger partial charge in [0.05, 0.1) is 42.7 Å². The minimum atomic E-state index is -0.573. The molecule has 0 unspecified atom stereocenters. The van der Waals surface area contributed by atoms with E-state index in [2.05, 4.69) is 39.6 Å². The zero-order valence-electron chi connectivity index (χ0n) is 24.3. The zero-order chi connectivity index (χ0) is 30.3. The molecular formula is C36H35N3O5. The van der Waals surface area contributed by atoms with E-state index in [1.165, 1.54) is 6.08 Å². The number of aliphatic hydroxyl groups excluding tert-OH is 1. The molecule has 0 bridgehead atoms. The van der Waals surface area contributed by atoms with Crippen LogP contribution in [0, 0.1) is 0 Å². The minimum Gasteiger partial charge on any atom is -0.445 e. The number of para-hydroxylation sites is 2. The van der Waals surface area contributed by atoms with Crippen LogP contribution in [0.15, 0.2) is 116 Å². The molecule has 6 rings (SSSR count). The van der Waals surface area contributed by atoms with Gasteiger partial charge in [0.1, 0.15) is 6.61 Å². The van der Waals surface area contributed by atoms with Crippen molar-refractivity contribution in [1.29, 1.82) is 0 Å². The second-order valence-electron chi connectivity index (χ2n) is 10.8. The van der Waals surface area contributed by atoms with E-state index >= 15 is 0 Å². The number of amides is 1. The first-order valence-corrected chi connectivity index (χ1v) is 14.7. The summed E-state index contributed by atoms with van der Waals surface area (Å²) in [5.41, 5.74) is 7.83. The van der Waals surface area contributed by atoms with Crippen LogP contribution in [0.2, 0.25) is 0 Å². The summed E-state index contributed by atoms with van der Waals surface area (Å²) in [4.78, 5) is 16.5. The van der Waals surface area contributed by atoms with E-state index in [0.717, 1.165) is 44.4 Å². The SMILES string of the molecule is C=CCOC(=O)NCc1ccccc1-c1ccc([C@H]2O[C@@H](Cn3cnc4ccccc43)C[C@@H](c3ccc(CO)cc3)O2)cc1. The molecule has 1 aliphatic heterocycles. The van der Waals surface area contributed by atoms with Crippen molar-refractivity contribution in [1.82, 2.24) is 14.9 Å². The minimum absolute atomic E-state index is 0.00119. The maximum absolute atomic E-state index is 12.0. The van der Waals surface area contributed by atoms with Gasteiger partial charge in [-0.2, -0.15) is 0 Å². The summed E-state index contributed by atoms with van der Waals surface area (Å²) in [6.45, 7) is 4.70. The Bertz CT molecular complexity index is 1710. The highest BCUT2D eigenvalue weighted by Crippen LogP contribution is 2.39. The number of nitrogens with one attached hydrogen (secondary N) is 1. The van der Waals surface area contributed by atoms with Crippen LogP contribution in [0.3, 0.4) is 0 Å². The van der Waals surface area contributed by atoms with Crippen molar-refractivity contribution in [3.8, 4) is 11.1 Å². The summed E-state index contributed by atoms with van der Waals surface area (Å²) in [5, 5.41) is 12.3. The van der Waals surface area contributed by atoms with Crippen molar-refractivity contribution in [3.05, 3.63) is 138 Å². The van der Waals surface area contributed by atoms with Crippen LogP contribution >= 0.6 is 0 Å². The number of imidazole rings is 1. The molecule has 0 saturated carbocycles. The predicted octanol–water partition coefficient (Wildman–Crippen LogP) is 6.85. The maximum Gasteiger partial charge on any atom is 0.407 e. The quantitative estimate of drug-likeness (QED) is 0.173. The van der Waals surface area contributed by atoms with Gasteiger partial charge in [-0.25, -0.2) is 9.78 Å². The van der Waals surface area contributed by atoms with Crippen molar-refractivity contribution >= 4 is 17.1 Å². The first-order valence-electron chi connectivity index (χ1n) is 14.7. The van der Waals surface area contributed by atoms with Gasteiger partial charge >= 0.3 is 6.09 Å². The molecule has 3 atom stereocenters. The van der Waals surface area contributed by atoms with E-state index in [1.807, 2.05) is 85.2 Å². The van der Waals surface area contributed by atoms with Crippen LogP contribution in [0.1, 0.15) is 41.1 Å². The lowest BCUT2D eigenvalue weighted by Gasteiger charge is -2.36. The Hall–Kier alpha value is -4.76. The van der Waals surface area contributed by atoms with Crippen LogP contribution in [0.4, 0.5) is 4.79 Å². The summed E-state index contributed by atoms with van der Waals surface area (Å²) in [6.07, 6.45) is 2.71. The molecule has 0 radical (unpaired) electrons. The fraction of sp³-hybridized carbons (Fsp3) is 0.222. The van der Waals surface area contributed by atoms with E-state index in [4.69, 9.17) is 14.2 Å². The zero-order valence-corrected chi connectivity index (χ0v) is 24.3. The predicted molar refractivity (Wildman–Crippen MR) is 168 cm³/mol. The number of alkyl carbamates (subject to hydrolysis) is 1. The van der Waals surface area contributed by atoms with E-state index in [1.54, 1.807) is 0 Å². The third-order valence-electron chi connectivity index (χ3n) is 7.81. The Labute approximate surface area is 256 Å².